The first-order chi connectivity index (χ1) is 15.6. The molecule has 3 heterocycles. The fourth-order valence-corrected chi connectivity index (χ4v) is 4.57. The van der Waals surface area contributed by atoms with Gasteiger partial charge in [-0.15, -0.1) is 5.10 Å². The normalized spacial score (nSPS) is 14.6. The Morgan fingerprint density at radius 2 is 1.81 bits per heavy atom. The molecule has 8 heteroatoms. The van der Waals surface area contributed by atoms with Crippen LogP contribution < -0.4 is 4.74 Å². The number of halogens is 2. The van der Waals surface area contributed by atoms with Gasteiger partial charge in [-0.1, -0.05) is 59.6 Å². The van der Waals surface area contributed by atoms with Gasteiger partial charge in [0.05, 0.1) is 10.6 Å². The second-order valence-corrected chi connectivity index (χ2v) is 8.30. The van der Waals surface area contributed by atoms with Gasteiger partial charge in [0.15, 0.2) is 11.5 Å². The highest BCUT2D eigenvalue weighted by Crippen LogP contribution is 2.48. The van der Waals surface area contributed by atoms with Crippen LogP contribution in [-0.2, 0) is 0 Å². The third-order valence-corrected chi connectivity index (χ3v) is 6.04. The fourth-order valence-electron chi connectivity index (χ4n) is 4.08. The Bertz CT molecular complexity index is 1500. The Labute approximate surface area is 192 Å². The summed E-state index contributed by atoms with van der Waals surface area (Å²) in [4.78, 5) is 9.31. The van der Waals surface area contributed by atoms with Crippen molar-refractivity contribution < 1.29 is 9.84 Å². The molecule has 0 aliphatic carbocycles. The molecule has 0 spiro atoms. The van der Waals surface area contributed by atoms with E-state index in [1.807, 2.05) is 36.4 Å². The number of phenolic OH excluding ortho intramolecular Hbond substituents is 1. The van der Waals surface area contributed by atoms with E-state index in [0.717, 1.165) is 16.7 Å². The third-order valence-electron chi connectivity index (χ3n) is 5.50. The lowest BCUT2D eigenvalue weighted by Gasteiger charge is -2.27. The van der Waals surface area contributed by atoms with Gasteiger partial charge in [-0.2, -0.15) is 0 Å². The van der Waals surface area contributed by atoms with E-state index >= 15 is 0 Å². The van der Waals surface area contributed by atoms with Crippen LogP contribution in [0, 0.1) is 0 Å². The van der Waals surface area contributed by atoms with Gasteiger partial charge in [0.25, 0.3) is 0 Å². The molecule has 0 saturated carbocycles. The largest absolute Gasteiger partial charge is 0.508 e. The smallest absolute Gasteiger partial charge is 0.228 e. The fraction of sp³-hybridized carbons (Fsp3) is 0.0417. The zero-order chi connectivity index (χ0) is 21.8. The van der Waals surface area contributed by atoms with Crippen LogP contribution in [0.4, 0.5) is 0 Å². The summed E-state index contributed by atoms with van der Waals surface area (Å²) < 4.78 is 7.71. The van der Waals surface area contributed by atoms with Gasteiger partial charge in [-0.25, -0.2) is 14.5 Å². The Hall–Kier alpha value is -3.61. The molecule has 0 fully saturated rings. The molecule has 1 aliphatic rings. The molecular weight excluding hydrogens is 447 g/mol. The third kappa shape index (κ3) is 2.99. The van der Waals surface area contributed by atoms with Gasteiger partial charge < -0.3 is 9.84 Å². The van der Waals surface area contributed by atoms with Gasteiger partial charge >= 0.3 is 0 Å². The van der Waals surface area contributed by atoms with Gasteiger partial charge in [0.1, 0.15) is 17.8 Å². The first-order valence-electron chi connectivity index (χ1n) is 9.85. The highest BCUT2D eigenvalue weighted by molar-refractivity contribution is 6.36. The topological polar surface area (TPSA) is 72.5 Å². The number of fused-ring (bicyclic) bond motifs is 4. The summed E-state index contributed by atoms with van der Waals surface area (Å²) in [5.74, 6) is 1.37. The number of ether oxygens (including phenoxy) is 1. The SMILES string of the molecule is Oc1ccc2c(c1)Oc1ncn3nc(-c4ccc(Cl)cc4Cl)nc3c1[C@@H]2c1ccccc1. The molecule has 1 N–H and O–H groups in total. The molecular formula is C24H14Cl2N4O2. The van der Waals surface area contributed by atoms with E-state index in [2.05, 4.69) is 10.1 Å². The van der Waals surface area contributed by atoms with Crippen molar-refractivity contribution in [2.75, 3.05) is 0 Å². The molecule has 5 aromatic rings. The minimum atomic E-state index is -0.204. The van der Waals surface area contributed by atoms with E-state index in [-0.39, 0.29) is 11.7 Å². The highest BCUT2D eigenvalue weighted by atomic mass is 35.5. The van der Waals surface area contributed by atoms with Crippen LogP contribution in [0.1, 0.15) is 22.6 Å². The van der Waals surface area contributed by atoms with E-state index in [1.165, 1.54) is 0 Å². The Kier molecular flexibility index (Phi) is 4.31. The number of aromatic hydroxyl groups is 1. The minimum Gasteiger partial charge on any atom is -0.508 e. The number of hydrogen-bond acceptors (Lipinski definition) is 5. The van der Waals surface area contributed by atoms with Crippen molar-refractivity contribution in [1.82, 2.24) is 19.6 Å². The van der Waals surface area contributed by atoms with Gasteiger partial charge in [-0.05, 0) is 29.8 Å². The Morgan fingerprint density at radius 3 is 2.62 bits per heavy atom. The van der Waals surface area contributed by atoms with Crippen molar-refractivity contribution in [2.45, 2.75) is 5.92 Å². The van der Waals surface area contributed by atoms with Crippen LogP contribution in [0.3, 0.4) is 0 Å². The Morgan fingerprint density at radius 1 is 0.969 bits per heavy atom. The van der Waals surface area contributed by atoms with E-state index < -0.39 is 0 Å². The van der Waals surface area contributed by atoms with Gasteiger partial charge in [0, 0.05) is 28.1 Å². The zero-order valence-electron chi connectivity index (χ0n) is 16.4. The molecule has 2 aromatic heterocycles. The van der Waals surface area contributed by atoms with Gasteiger partial charge in [-0.3, -0.25) is 0 Å². The van der Waals surface area contributed by atoms with Crippen LogP contribution in [0.2, 0.25) is 10.0 Å². The average molecular weight is 461 g/mol. The summed E-state index contributed by atoms with van der Waals surface area (Å²) in [5, 5.41) is 15.6. The molecule has 156 valence electrons. The van der Waals surface area contributed by atoms with Crippen LogP contribution >= 0.6 is 23.2 Å². The van der Waals surface area contributed by atoms with Gasteiger partial charge in [0.2, 0.25) is 5.88 Å². The van der Waals surface area contributed by atoms with Crippen molar-refractivity contribution in [3.63, 3.8) is 0 Å². The molecule has 6 rings (SSSR count). The number of rotatable bonds is 2. The second-order valence-electron chi connectivity index (χ2n) is 7.46. The lowest BCUT2D eigenvalue weighted by atomic mass is 9.84. The average Bonchev–Trinajstić information content (AvgIpc) is 3.22. The van der Waals surface area contributed by atoms with E-state index in [4.69, 9.17) is 32.9 Å². The lowest BCUT2D eigenvalue weighted by Crippen LogP contribution is -2.14. The monoisotopic (exact) mass is 460 g/mol. The minimum absolute atomic E-state index is 0.127. The molecule has 0 saturated heterocycles. The predicted octanol–water partition coefficient (Wildman–Crippen LogP) is 6.09. The second kappa shape index (κ2) is 7.22. The maximum atomic E-state index is 9.99. The molecule has 1 atom stereocenters. The van der Waals surface area contributed by atoms with E-state index in [0.29, 0.717) is 38.7 Å². The van der Waals surface area contributed by atoms with Crippen LogP contribution in [0.5, 0.6) is 17.4 Å². The standard InChI is InChI=1S/C24H14Cl2N4O2/c25-14-6-8-16(18(26)10-14)22-28-23-21-20(13-4-2-1-3-5-13)17-9-7-15(31)11-19(17)32-24(21)27-12-30(23)29-22/h1-12,20,31H/t20-/m1/s1. The van der Waals surface area contributed by atoms with Crippen molar-refractivity contribution >= 4 is 28.8 Å². The first kappa shape index (κ1) is 19.1. The molecule has 0 radical (unpaired) electrons. The molecule has 32 heavy (non-hydrogen) atoms. The van der Waals surface area contributed by atoms with Crippen molar-refractivity contribution in [1.29, 1.82) is 0 Å². The summed E-state index contributed by atoms with van der Waals surface area (Å²) in [6, 6.07) is 20.4. The molecule has 6 nitrogen and oxygen atoms in total. The summed E-state index contributed by atoms with van der Waals surface area (Å²) in [7, 11) is 0. The summed E-state index contributed by atoms with van der Waals surface area (Å²) in [6.07, 6.45) is 1.56. The lowest BCUT2D eigenvalue weighted by molar-refractivity contribution is 0.422. The predicted molar refractivity (Wildman–Crippen MR) is 122 cm³/mol. The molecule has 3 aromatic carbocycles. The van der Waals surface area contributed by atoms with Crippen molar-refractivity contribution in [3.8, 4) is 28.8 Å². The van der Waals surface area contributed by atoms with Crippen LogP contribution in [0.15, 0.2) is 73.1 Å². The van der Waals surface area contributed by atoms with Crippen LogP contribution in [0.25, 0.3) is 17.0 Å². The Balaban J connectivity index is 1.61. The van der Waals surface area contributed by atoms with Crippen LogP contribution in [-0.4, -0.2) is 24.7 Å². The summed E-state index contributed by atoms with van der Waals surface area (Å²) >= 11 is 12.5. The number of phenols is 1. The van der Waals surface area contributed by atoms with Crippen molar-refractivity contribution in [2.24, 2.45) is 0 Å². The molecule has 0 amide bonds. The van der Waals surface area contributed by atoms with Crippen molar-refractivity contribution in [3.05, 3.63) is 99.8 Å². The molecule has 0 bridgehead atoms. The number of hydrogen-bond donors (Lipinski definition) is 1. The highest BCUT2D eigenvalue weighted by Gasteiger charge is 2.33. The van der Waals surface area contributed by atoms with E-state index in [1.54, 1.807) is 41.2 Å². The summed E-state index contributed by atoms with van der Waals surface area (Å²) in [5.41, 5.74) is 4.04. The number of aromatic nitrogens is 4. The molecule has 1 aliphatic heterocycles. The maximum absolute atomic E-state index is 9.99. The maximum Gasteiger partial charge on any atom is 0.228 e. The number of benzene rings is 3. The van der Waals surface area contributed by atoms with E-state index in [9.17, 15) is 5.11 Å². The quantitative estimate of drug-likeness (QED) is 0.338. The molecule has 0 unspecified atom stereocenters. The zero-order valence-corrected chi connectivity index (χ0v) is 17.9. The first-order valence-corrected chi connectivity index (χ1v) is 10.6. The number of nitrogens with zero attached hydrogens (tertiary/aromatic N) is 4. The summed E-state index contributed by atoms with van der Waals surface area (Å²) in [6.45, 7) is 0.